The van der Waals surface area contributed by atoms with Crippen LogP contribution in [-0.2, 0) is 13.6 Å². The van der Waals surface area contributed by atoms with Crippen molar-refractivity contribution in [2.24, 2.45) is 12.0 Å². The molecule has 5 nitrogen and oxygen atoms in total. The van der Waals surface area contributed by atoms with Gasteiger partial charge in [-0.05, 0) is 37.6 Å². The molecular weight excluding hydrogens is 288 g/mol. The third-order valence-corrected chi connectivity index (χ3v) is 3.29. The Labute approximate surface area is 138 Å². The molecule has 0 fully saturated rings. The second-order valence-corrected chi connectivity index (χ2v) is 5.50. The van der Waals surface area contributed by atoms with E-state index in [-0.39, 0.29) is 6.10 Å². The summed E-state index contributed by atoms with van der Waals surface area (Å²) in [5.41, 5.74) is 1.19. The normalized spacial score (nSPS) is 12.7. The molecule has 0 bridgehead atoms. The first kappa shape index (κ1) is 16.9. The molecule has 0 saturated heterocycles. The fourth-order valence-corrected chi connectivity index (χ4v) is 2.18. The van der Waals surface area contributed by atoms with Gasteiger partial charge in [-0.2, -0.15) is 0 Å². The van der Waals surface area contributed by atoms with Crippen LogP contribution in [0.25, 0.3) is 0 Å². The zero-order valence-electron chi connectivity index (χ0n) is 14.1. The number of nitrogens with zero attached hydrogens (tertiary/aromatic N) is 2. The number of guanidine groups is 1. The highest BCUT2D eigenvalue weighted by atomic mass is 16.5. The molecule has 2 aromatic rings. The topological polar surface area (TPSA) is 50.6 Å². The van der Waals surface area contributed by atoms with E-state index in [1.807, 2.05) is 55.1 Å². The third kappa shape index (κ3) is 6.06. The van der Waals surface area contributed by atoms with Crippen LogP contribution in [0.3, 0.4) is 0 Å². The summed E-state index contributed by atoms with van der Waals surface area (Å²) in [6.07, 6.45) is 4.16. The Bertz CT molecular complexity index is 606. The van der Waals surface area contributed by atoms with Gasteiger partial charge in [0.2, 0.25) is 0 Å². The average Bonchev–Trinajstić information content (AvgIpc) is 2.96. The smallest absolute Gasteiger partial charge is 0.191 e. The fourth-order valence-electron chi connectivity index (χ4n) is 2.18. The molecule has 124 valence electrons. The number of benzene rings is 1. The first-order chi connectivity index (χ1) is 11.2. The highest BCUT2D eigenvalue weighted by molar-refractivity contribution is 5.79. The highest BCUT2D eigenvalue weighted by Gasteiger charge is 2.05. The number of hydrogen-bond donors (Lipinski definition) is 2. The molecule has 0 amide bonds. The highest BCUT2D eigenvalue weighted by Crippen LogP contribution is 2.10. The maximum absolute atomic E-state index is 5.86. The molecule has 1 aromatic heterocycles. The Balaban J connectivity index is 1.83. The molecule has 5 heteroatoms. The van der Waals surface area contributed by atoms with Crippen LogP contribution < -0.4 is 15.4 Å². The largest absolute Gasteiger partial charge is 0.489 e. The van der Waals surface area contributed by atoms with Gasteiger partial charge in [-0.15, -0.1) is 0 Å². The molecule has 0 spiro atoms. The van der Waals surface area contributed by atoms with Gasteiger partial charge in [0.1, 0.15) is 11.9 Å². The molecular formula is C18H26N4O. The van der Waals surface area contributed by atoms with E-state index in [0.717, 1.165) is 18.3 Å². The van der Waals surface area contributed by atoms with E-state index >= 15 is 0 Å². The maximum Gasteiger partial charge on any atom is 0.191 e. The van der Waals surface area contributed by atoms with Crippen molar-refractivity contribution < 1.29 is 4.74 Å². The third-order valence-electron chi connectivity index (χ3n) is 3.29. The number of nitrogens with one attached hydrogen (secondary N) is 2. The van der Waals surface area contributed by atoms with Crippen molar-refractivity contribution in [3.8, 4) is 5.75 Å². The molecule has 0 aliphatic heterocycles. The van der Waals surface area contributed by atoms with Crippen LogP contribution in [0.15, 0.2) is 53.8 Å². The van der Waals surface area contributed by atoms with E-state index in [0.29, 0.717) is 13.1 Å². The Morgan fingerprint density at radius 2 is 2.00 bits per heavy atom. The summed E-state index contributed by atoms with van der Waals surface area (Å²) in [4.78, 5) is 4.60. The van der Waals surface area contributed by atoms with Crippen LogP contribution in [0.1, 0.15) is 19.4 Å². The van der Waals surface area contributed by atoms with Crippen molar-refractivity contribution in [1.29, 1.82) is 0 Å². The summed E-state index contributed by atoms with van der Waals surface area (Å²) >= 11 is 0. The van der Waals surface area contributed by atoms with E-state index < -0.39 is 0 Å². The monoisotopic (exact) mass is 314 g/mol. The zero-order chi connectivity index (χ0) is 16.5. The van der Waals surface area contributed by atoms with E-state index in [9.17, 15) is 0 Å². The van der Waals surface area contributed by atoms with Crippen LogP contribution in [0.5, 0.6) is 5.75 Å². The van der Waals surface area contributed by atoms with E-state index in [1.165, 1.54) is 5.56 Å². The molecule has 2 rings (SSSR count). The molecule has 23 heavy (non-hydrogen) atoms. The number of hydrogen-bond acceptors (Lipinski definition) is 2. The van der Waals surface area contributed by atoms with Gasteiger partial charge in [0.05, 0.1) is 13.1 Å². The van der Waals surface area contributed by atoms with Gasteiger partial charge in [-0.1, -0.05) is 18.2 Å². The Morgan fingerprint density at radius 3 is 2.65 bits per heavy atom. The molecule has 0 saturated carbocycles. The molecule has 1 unspecified atom stereocenters. The van der Waals surface area contributed by atoms with Crippen molar-refractivity contribution in [2.75, 3.05) is 13.1 Å². The molecule has 1 atom stereocenters. The predicted octanol–water partition coefficient (Wildman–Crippen LogP) is 2.55. The second kappa shape index (κ2) is 8.88. The van der Waals surface area contributed by atoms with Crippen molar-refractivity contribution >= 4 is 5.96 Å². The SMILES string of the molecule is CCNC(=NCc1ccn(C)c1)NCC(C)Oc1ccccc1. The summed E-state index contributed by atoms with van der Waals surface area (Å²) in [6, 6.07) is 11.9. The van der Waals surface area contributed by atoms with E-state index in [2.05, 4.69) is 34.8 Å². The Hall–Kier alpha value is -2.43. The minimum absolute atomic E-state index is 0.0537. The van der Waals surface area contributed by atoms with Crippen LogP contribution in [0.4, 0.5) is 0 Å². The maximum atomic E-state index is 5.86. The molecule has 0 radical (unpaired) electrons. The number of ether oxygens (including phenoxy) is 1. The van der Waals surface area contributed by atoms with Crippen molar-refractivity contribution in [2.45, 2.75) is 26.5 Å². The van der Waals surface area contributed by atoms with Crippen molar-refractivity contribution in [3.05, 3.63) is 54.4 Å². The number of aryl methyl sites for hydroxylation is 1. The minimum Gasteiger partial charge on any atom is -0.489 e. The lowest BCUT2D eigenvalue weighted by molar-refractivity contribution is 0.224. The summed E-state index contributed by atoms with van der Waals surface area (Å²) in [5, 5.41) is 6.58. The predicted molar refractivity (Wildman–Crippen MR) is 94.8 cm³/mol. The second-order valence-electron chi connectivity index (χ2n) is 5.50. The number of aliphatic imine (C=N–C) groups is 1. The summed E-state index contributed by atoms with van der Waals surface area (Å²) in [5.74, 6) is 1.69. The molecule has 2 N–H and O–H groups in total. The Kier molecular flexibility index (Phi) is 6.54. The number of aromatic nitrogens is 1. The average molecular weight is 314 g/mol. The van der Waals surface area contributed by atoms with E-state index in [4.69, 9.17) is 4.74 Å². The molecule has 0 aliphatic carbocycles. The number of rotatable bonds is 7. The van der Waals surface area contributed by atoms with Gasteiger partial charge in [0.25, 0.3) is 0 Å². The van der Waals surface area contributed by atoms with Gasteiger partial charge in [0, 0.05) is 26.0 Å². The quantitative estimate of drug-likeness (QED) is 0.610. The molecule has 1 heterocycles. The van der Waals surface area contributed by atoms with Gasteiger partial charge < -0.3 is 19.9 Å². The standard InChI is InChI=1S/C18H26N4O/c1-4-19-18(21-13-16-10-11-22(3)14-16)20-12-15(2)23-17-8-6-5-7-9-17/h5-11,14-15H,4,12-13H2,1-3H3,(H2,19,20,21). The Morgan fingerprint density at radius 1 is 1.22 bits per heavy atom. The lowest BCUT2D eigenvalue weighted by Crippen LogP contribution is -2.41. The van der Waals surface area contributed by atoms with Gasteiger partial charge in [-0.25, -0.2) is 4.99 Å². The van der Waals surface area contributed by atoms with Crippen LogP contribution in [0.2, 0.25) is 0 Å². The summed E-state index contributed by atoms with van der Waals surface area (Å²) in [7, 11) is 2.01. The van der Waals surface area contributed by atoms with Crippen molar-refractivity contribution in [1.82, 2.24) is 15.2 Å². The molecule has 0 aliphatic rings. The lowest BCUT2D eigenvalue weighted by atomic mass is 10.3. The fraction of sp³-hybridized carbons (Fsp3) is 0.389. The van der Waals surface area contributed by atoms with E-state index in [1.54, 1.807) is 0 Å². The lowest BCUT2D eigenvalue weighted by Gasteiger charge is -2.17. The van der Waals surface area contributed by atoms with Gasteiger partial charge in [-0.3, -0.25) is 0 Å². The van der Waals surface area contributed by atoms with Crippen LogP contribution in [-0.4, -0.2) is 29.7 Å². The first-order valence-electron chi connectivity index (χ1n) is 8.02. The van der Waals surface area contributed by atoms with Crippen LogP contribution in [0, 0.1) is 0 Å². The molecule has 1 aromatic carbocycles. The van der Waals surface area contributed by atoms with Gasteiger partial charge >= 0.3 is 0 Å². The zero-order valence-corrected chi connectivity index (χ0v) is 14.1. The minimum atomic E-state index is 0.0537. The van der Waals surface area contributed by atoms with Gasteiger partial charge in [0.15, 0.2) is 5.96 Å². The summed E-state index contributed by atoms with van der Waals surface area (Å²) < 4.78 is 7.89. The van der Waals surface area contributed by atoms with Crippen molar-refractivity contribution in [3.63, 3.8) is 0 Å². The summed E-state index contributed by atoms with van der Waals surface area (Å²) in [6.45, 7) is 6.28. The first-order valence-corrected chi connectivity index (χ1v) is 8.02. The number of para-hydroxylation sites is 1. The van der Waals surface area contributed by atoms with Crippen LogP contribution >= 0.6 is 0 Å².